The molecule has 0 aromatic heterocycles. The Hall–Kier alpha value is -4.70. The molecule has 0 aliphatic carbocycles. The Morgan fingerprint density at radius 1 is 0.841 bits per heavy atom. The summed E-state index contributed by atoms with van der Waals surface area (Å²) in [5, 5.41) is 2.76. The molecule has 8 nitrogen and oxygen atoms in total. The van der Waals surface area contributed by atoms with E-state index in [0.717, 1.165) is 9.87 Å². The smallest absolute Gasteiger partial charge is 0.264 e. The lowest BCUT2D eigenvalue weighted by molar-refractivity contribution is -0.140. The van der Waals surface area contributed by atoms with Crippen LogP contribution in [0.3, 0.4) is 0 Å². The van der Waals surface area contributed by atoms with Crippen LogP contribution < -0.4 is 14.4 Å². The van der Waals surface area contributed by atoms with E-state index in [9.17, 15) is 22.4 Å². The highest BCUT2D eigenvalue weighted by molar-refractivity contribution is 7.92. The number of ether oxygens (including phenoxy) is 1. The van der Waals surface area contributed by atoms with E-state index >= 15 is 0 Å². The molecule has 0 heterocycles. The summed E-state index contributed by atoms with van der Waals surface area (Å²) in [5.41, 5.74) is 1.72. The number of carbonyl (C=O) groups is 2. The monoisotopic (exact) mass is 617 g/mol. The summed E-state index contributed by atoms with van der Waals surface area (Å²) in [7, 11) is -4.22. The van der Waals surface area contributed by atoms with E-state index in [4.69, 9.17) is 4.74 Å². The molecule has 4 aromatic carbocycles. The molecule has 0 fully saturated rings. The fraction of sp³-hybridized carbons (Fsp3) is 0.235. The quantitative estimate of drug-likeness (QED) is 0.197. The Bertz CT molecular complexity index is 1650. The predicted octanol–water partition coefficient (Wildman–Crippen LogP) is 6.07. The summed E-state index contributed by atoms with van der Waals surface area (Å²) in [5.74, 6) is -0.280. The predicted molar refractivity (Wildman–Crippen MR) is 168 cm³/mol. The number of likely N-dealkylation sites (N-methyl/N-ethyl adjacent to an activating group) is 1. The van der Waals surface area contributed by atoms with Crippen LogP contribution in [0.25, 0.3) is 0 Å². The summed E-state index contributed by atoms with van der Waals surface area (Å²) in [4.78, 5) is 28.5. The minimum atomic E-state index is -4.22. The number of rotatable bonds is 13. The average Bonchev–Trinajstić information content (AvgIpc) is 3.02. The van der Waals surface area contributed by atoms with E-state index in [0.29, 0.717) is 23.6 Å². The fourth-order valence-electron chi connectivity index (χ4n) is 4.67. The van der Waals surface area contributed by atoms with Gasteiger partial charge in [0.25, 0.3) is 10.0 Å². The van der Waals surface area contributed by atoms with E-state index in [1.54, 1.807) is 62.4 Å². The Morgan fingerprint density at radius 3 is 2.05 bits per heavy atom. The first-order valence-electron chi connectivity index (χ1n) is 14.4. The van der Waals surface area contributed by atoms with E-state index in [1.807, 2.05) is 25.1 Å². The Kier molecular flexibility index (Phi) is 10.7. The number of nitrogens with zero attached hydrogens (tertiary/aromatic N) is 2. The van der Waals surface area contributed by atoms with Gasteiger partial charge in [-0.1, -0.05) is 55.0 Å². The lowest BCUT2D eigenvalue weighted by atomic mass is 10.1. The second-order valence-corrected chi connectivity index (χ2v) is 12.1. The number of carbonyl (C=O) groups excluding carboxylic acids is 2. The van der Waals surface area contributed by atoms with Crippen LogP contribution in [0.15, 0.2) is 108 Å². The van der Waals surface area contributed by atoms with Gasteiger partial charge in [-0.15, -0.1) is 0 Å². The zero-order valence-corrected chi connectivity index (χ0v) is 25.8. The van der Waals surface area contributed by atoms with Crippen LogP contribution in [0.4, 0.5) is 10.1 Å². The average molecular weight is 618 g/mol. The van der Waals surface area contributed by atoms with Crippen LogP contribution in [-0.2, 0) is 26.2 Å². The first-order chi connectivity index (χ1) is 21.1. The third kappa shape index (κ3) is 8.02. The van der Waals surface area contributed by atoms with E-state index < -0.39 is 34.3 Å². The van der Waals surface area contributed by atoms with Crippen molar-refractivity contribution in [1.82, 2.24) is 10.2 Å². The van der Waals surface area contributed by atoms with Gasteiger partial charge >= 0.3 is 0 Å². The van der Waals surface area contributed by atoms with Crippen molar-refractivity contribution in [2.45, 2.75) is 44.7 Å². The molecule has 0 spiro atoms. The molecule has 0 aliphatic rings. The molecule has 4 aromatic rings. The highest BCUT2D eigenvalue weighted by Gasteiger charge is 2.33. The van der Waals surface area contributed by atoms with Gasteiger partial charge in [0.1, 0.15) is 29.9 Å². The number of sulfonamides is 1. The van der Waals surface area contributed by atoms with Gasteiger partial charge in [-0.3, -0.25) is 13.9 Å². The van der Waals surface area contributed by atoms with Crippen LogP contribution in [-0.4, -0.2) is 44.3 Å². The summed E-state index contributed by atoms with van der Waals surface area (Å²) in [6.07, 6.45) is 0.287. The van der Waals surface area contributed by atoms with Gasteiger partial charge in [-0.25, -0.2) is 12.8 Å². The maximum Gasteiger partial charge on any atom is 0.264 e. The van der Waals surface area contributed by atoms with Gasteiger partial charge in [0.05, 0.1) is 10.6 Å². The van der Waals surface area contributed by atoms with Gasteiger partial charge in [0.15, 0.2) is 0 Å². The SMILES string of the molecule is CCNC(=O)C(CC)N(Cc1ccc(F)cc1)C(=O)CN(c1ccc(Oc2ccccc2)cc1)S(=O)(=O)c1ccc(C)cc1. The topological polar surface area (TPSA) is 96.0 Å². The lowest BCUT2D eigenvalue weighted by Gasteiger charge is -2.33. The lowest BCUT2D eigenvalue weighted by Crippen LogP contribution is -2.52. The van der Waals surface area contributed by atoms with Gasteiger partial charge < -0.3 is 15.0 Å². The first-order valence-corrected chi connectivity index (χ1v) is 15.8. The molecule has 0 radical (unpaired) electrons. The molecule has 0 saturated carbocycles. The molecule has 1 atom stereocenters. The molecule has 0 saturated heterocycles. The van der Waals surface area contributed by atoms with Crippen LogP contribution in [0.2, 0.25) is 0 Å². The van der Waals surface area contributed by atoms with Gasteiger partial charge in [0.2, 0.25) is 11.8 Å². The molecule has 44 heavy (non-hydrogen) atoms. The van der Waals surface area contributed by atoms with E-state index in [1.165, 1.54) is 41.3 Å². The summed E-state index contributed by atoms with van der Waals surface area (Å²) >= 11 is 0. The molecule has 0 aliphatic heterocycles. The van der Waals surface area contributed by atoms with Crippen LogP contribution >= 0.6 is 0 Å². The van der Waals surface area contributed by atoms with Crippen LogP contribution in [0.5, 0.6) is 11.5 Å². The molecule has 1 N–H and O–H groups in total. The minimum Gasteiger partial charge on any atom is -0.457 e. The molecular formula is C34H36FN3O5S. The molecule has 1 unspecified atom stereocenters. The maximum atomic E-state index is 14.1. The van der Waals surface area contributed by atoms with Crippen molar-refractivity contribution in [2.24, 2.45) is 0 Å². The number of amides is 2. The van der Waals surface area contributed by atoms with Crippen LogP contribution in [0, 0.1) is 12.7 Å². The van der Waals surface area contributed by atoms with Gasteiger partial charge in [0, 0.05) is 13.1 Å². The second kappa shape index (κ2) is 14.7. The zero-order valence-electron chi connectivity index (χ0n) is 24.9. The van der Waals surface area contributed by atoms with Crippen molar-refractivity contribution in [3.63, 3.8) is 0 Å². The summed E-state index contributed by atoms with van der Waals surface area (Å²) < 4.78 is 48.6. The first kappa shape index (κ1) is 32.2. The van der Waals surface area contributed by atoms with E-state index in [-0.39, 0.29) is 29.5 Å². The Morgan fingerprint density at radius 2 is 1.45 bits per heavy atom. The number of para-hydroxylation sites is 1. The highest BCUT2D eigenvalue weighted by Crippen LogP contribution is 2.29. The largest absolute Gasteiger partial charge is 0.457 e. The highest BCUT2D eigenvalue weighted by atomic mass is 32.2. The summed E-state index contributed by atoms with van der Waals surface area (Å²) in [6.45, 7) is 5.17. The number of nitrogens with one attached hydrogen (secondary N) is 1. The van der Waals surface area contributed by atoms with E-state index in [2.05, 4.69) is 5.32 Å². The number of halogens is 1. The van der Waals surface area contributed by atoms with Crippen molar-refractivity contribution >= 4 is 27.5 Å². The van der Waals surface area contributed by atoms with Gasteiger partial charge in [-0.2, -0.15) is 0 Å². The normalized spacial score (nSPS) is 11.8. The van der Waals surface area contributed by atoms with Crippen molar-refractivity contribution in [3.05, 3.63) is 120 Å². The maximum absolute atomic E-state index is 14.1. The molecule has 10 heteroatoms. The fourth-order valence-corrected chi connectivity index (χ4v) is 6.08. The van der Waals surface area contributed by atoms with Crippen molar-refractivity contribution < 1.29 is 27.1 Å². The number of aryl methyl sites for hydroxylation is 1. The zero-order chi connectivity index (χ0) is 31.7. The summed E-state index contributed by atoms with van der Waals surface area (Å²) in [6, 6.07) is 26.7. The third-order valence-electron chi connectivity index (χ3n) is 6.99. The molecular weight excluding hydrogens is 581 g/mol. The number of benzene rings is 4. The van der Waals surface area contributed by atoms with Gasteiger partial charge in [-0.05, 0) is 86.5 Å². The third-order valence-corrected chi connectivity index (χ3v) is 8.78. The molecule has 2 amide bonds. The minimum absolute atomic E-state index is 0.0152. The number of hydrogen-bond donors (Lipinski definition) is 1. The molecule has 230 valence electrons. The Balaban J connectivity index is 1.72. The van der Waals surface area contributed by atoms with Crippen molar-refractivity contribution in [3.8, 4) is 11.5 Å². The molecule has 4 rings (SSSR count). The van der Waals surface area contributed by atoms with Crippen LogP contribution in [0.1, 0.15) is 31.4 Å². The Labute approximate surface area is 258 Å². The molecule has 0 bridgehead atoms. The number of anilines is 1. The van der Waals surface area contributed by atoms with Crippen molar-refractivity contribution in [2.75, 3.05) is 17.4 Å². The standard InChI is InChI=1S/C34H36FN3O5S/c1-4-32(34(40)36-5-2)37(23-26-13-15-27(35)16-14-26)33(39)24-38(44(41,42)31-21-11-25(3)12-22-31)28-17-19-30(20-18-28)43-29-9-7-6-8-10-29/h6-22,32H,4-5,23-24H2,1-3H3,(H,36,40). The number of hydrogen-bond acceptors (Lipinski definition) is 5. The van der Waals surface area contributed by atoms with Crippen molar-refractivity contribution in [1.29, 1.82) is 0 Å². The second-order valence-electron chi connectivity index (χ2n) is 10.2.